The Kier molecular flexibility index (Phi) is 9.27. The minimum absolute atomic E-state index is 0.0611. The molecule has 0 radical (unpaired) electrons. The Morgan fingerprint density at radius 2 is 1.52 bits per heavy atom. The molecule has 3 amide bonds. The van der Waals surface area contributed by atoms with Gasteiger partial charge in [0.05, 0.1) is 6.04 Å². The molecule has 5 aromatic rings. The minimum atomic E-state index is -1.72. The van der Waals surface area contributed by atoms with Crippen LogP contribution in [0.25, 0.3) is 11.4 Å². The Bertz CT molecular complexity index is 1790. The fraction of sp³-hybridized carbons (Fsp3) is 0.129. The molecule has 0 fully saturated rings. The minimum Gasteiger partial charge on any atom is -0.445 e. The van der Waals surface area contributed by atoms with Crippen molar-refractivity contribution in [1.29, 1.82) is 0 Å². The molecule has 2 atom stereocenters. The lowest BCUT2D eigenvalue weighted by Gasteiger charge is -2.24. The van der Waals surface area contributed by atoms with Gasteiger partial charge in [0, 0.05) is 29.9 Å². The lowest BCUT2D eigenvalue weighted by molar-refractivity contribution is -0.125. The van der Waals surface area contributed by atoms with E-state index in [-0.39, 0.29) is 18.7 Å². The molecule has 3 aromatic carbocycles. The maximum atomic E-state index is 13.3. The number of tetrazole rings is 1. The highest BCUT2D eigenvalue weighted by Gasteiger charge is 2.29. The van der Waals surface area contributed by atoms with E-state index >= 15 is 0 Å². The number of benzene rings is 3. The summed E-state index contributed by atoms with van der Waals surface area (Å²) in [6, 6.07) is 25.4. The fourth-order valence-corrected chi connectivity index (χ4v) is 4.33. The van der Waals surface area contributed by atoms with Gasteiger partial charge in [-0.25, -0.2) is 0 Å². The van der Waals surface area contributed by atoms with Gasteiger partial charge >= 0.3 is 0 Å². The standard InChI is InChI=1S/C31H27N7O6/c39-23-16-25(29(41)32-18-20-10-5-2-6-11-20)44-26(17-23)30(42)34-24(14-19-8-3-1-4-9-19)27(40)31(43)33-22-13-7-12-21(15-22)28-35-37-38-36-28/h1-13,15-17,24,27,40H,14,18H2,(H,32,41)(H,33,43)(H,34,42)(H,35,36,37,38)/t24-,27-/m0/s1. The van der Waals surface area contributed by atoms with Crippen LogP contribution in [0, 0.1) is 0 Å². The zero-order valence-electron chi connectivity index (χ0n) is 23.1. The molecule has 0 bridgehead atoms. The van der Waals surface area contributed by atoms with Crippen LogP contribution in [-0.4, -0.2) is 55.6 Å². The molecule has 0 spiro atoms. The first-order chi connectivity index (χ1) is 21.4. The Labute approximate surface area is 250 Å². The monoisotopic (exact) mass is 593 g/mol. The molecule has 0 aliphatic rings. The molecule has 5 N–H and O–H groups in total. The number of nitrogens with zero attached hydrogens (tertiary/aromatic N) is 3. The molecule has 13 heteroatoms. The molecule has 0 saturated carbocycles. The number of aromatic nitrogens is 4. The second kappa shape index (κ2) is 13.8. The normalized spacial score (nSPS) is 12.1. The summed E-state index contributed by atoms with van der Waals surface area (Å²) < 4.78 is 5.48. The van der Waals surface area contributed by atoms with Crippen LogP contribution in [0.3, 0.4) is 0 Å². The van der Waals surface area contributed by atoms with E-state index in [0.29, 0.717) is 17.1 Å². The van der Waals surface area contributed by atoms with Crippen molar-refractivity contribution in [2.24, 2.45) is 0 Å². The van der Waals surface area contributed by atoms with Crippen molar-refractivity contribution >= 4 is 23.4 Å². The van der Waals surface area contributed by atoms with Gasteiger partial charge in [-0.2, -0.15) is 5.21 Å². The van der Waals surface area contributed by atoms with E-state index in [1.807, 2.05) is 30.3 Å². The van der Waals surface area contributed by atoms with Gasteiger partial charge in [-0.1, -0.05) is 72.8 Å². The number of aliphatic hydroxyl groups excluding tert-OH is 1. The summed E-state index contributed by atoms with van der Waals surface area (Å²) in [6.45, 7) is 0.179. The molecule has 0 saturated heterocycles. The summed E-state index contributed by atoms with van der Waals surface area (Å²) in [5, 5.41) is 32.7. The third kappa shape index (κ3) is 7.66. The SMILES string of the molecule is O=C(NCc1ccccc1)c1cc(=O)cc(C(=O)N[C@@H](Cc2ccccc2)[C@H](O)C(=O)Nc2cccc(-c3nn[nH]n3)c2)o1. The number of rotatable bonds is 11. The highest BCUT2D eigenvalue weighted by Crippen LogP contribution is 2.19. The van der Waals surface area contributed by atoms with Crippen molar-refractivity contribution in [3.8, 4) is 11.4 Å². The number of amides is 3. The number of hydrogen-bond acceptors (Lipinski definition) is 9. The second-order valence-electron chi connectivity index (χ2n) is 9.71. The summed E-state index contributed by atoms with van der Waals surface area (Å²) in [5.41, 5.74) is 1.84. The number of anilines is 1. The second-order valence-corrected chi connectivity index (χ2v) is 9.71. The molecule has 0 aliphatic heterocycles. The van der Waals surface area contributed by atoms with Gasteiger partial charge in [-0.15, -0.1) is 10.2 Å². The highest BCUT2D eigenvalue weighted by molar-refractivity contribution is 5.97. The van der Waals surface area contributed by atoms with Gasteiger partial charge in [0.1, 0.15) is 0 Å². The first kappa shape index (κ1) is 29.5. The van der Waals surface area contributed by atoms with Crippen LogP contribution in [-0.2, 0) is 17.8 Å². The smallest absolute Gasteiger partial charge is 0.287 e. The van der Waals surface area contributed by atoms with Gasteiger partial charge in [0.15, 0.2) is 23.1 Å². The van der Waals surface area contributed by atoms with Crippen molar-refractivity contribution in [2.45, 2.75) is 25.1 Å². The third-order valence-electron chi connectivity index (χ3n) is 6.51. The fourth-order valence-electron chi connectivity index (χ4n) is 4.33. The topological polar surface area (TPSA) is 192 Å². The summed E-state index contributed by atoms with van der Waals surface area (Å²) in [5.74, 6) is -2.89. The van der Waals surface area contributed by atoms with Crippen molar-refractivity contribution < 1.29 is 23.9 Å². The average molecular weight is 594 g/mol. The summed E-state index contributed by atoms with van der Waals surface area (Å²) in [6.07, 6.45) is -1.66. The van der Waals surface area contributed by atoms with E-state index in [2.05, 4.69) is 36.6 Å². The molecule has 2 aromatic heterocycles. The average Bonchev–Trinajstić information content (AvgIpc) is 3.59. The first-order valence-electron chi connectivity index (χ1n) is 13.5. The van der Waals surface area contributed by atoms with Crippen molar-refractivity contribution in [3.05, 3.63) is 130 Å². The van der Waals surface area contributed by atoms with Gasteiger partial charge in [-0.3, -0.25) is 19.2 Å². The van der Waals surface area contributed by atoms with Gasteiger partial charge in [-0.05, 0) is 34.9 Å². The molecule has 5 rings (SSSR count). The Morgan fingerprint density at radius 3 is 2.20 bits per heavy atom. The maximum absolute atomic E-state index is 13.3. The highest BCUT2D eigenvalue weighted by atomic mass is 16.4. The predicted molar refractivity (Wildman–Crippen MR) is 158 cm³/mol. The number of carbonyl (C=O) groups is 3. The largest absolute Gasteiger partial charge is 0.445 e. The first-order valence-corrected chi connectivity index (χ1v) is 13.5. The molecule has 2 heterocycles. The summed E-state index contributed by atoms with van der Waals surface area (Å²) in [7, 11) is 0. The number of nitrogens with one attached hydrogen (secondary N) is 4. The molecular formula is C31H27N7O6. The summed E-state index contributed by atoms with van der Waals surface area (Å²) >= 11 is 0. The quantitative estimate of drug-likeness (QED) is 0.153. The number of H-pyrrole nitrogens is 1. The molecule has 0 aliphatic carbocycles. The molecule has 222 valence electrons. The molecule has 44 heavy (non-hydrogen) atoms. The number of aromatic amines is 1. The van der Waals surface area contributed by atoms with E-state index in [0.717, 1.165) is 23.3 Å². The zero-order chi connectivity index (χ0) is 30.9. The third-order valence-corrected chi connectivity index (χ3v) is 6.51. The lowest BCUT2D eigenvalue weighted by Crippen LogP contribution is -2.50. The molecule has 0 unspecified atom stereocenters. The Morgan fingerprint density at radius 1 is 0.841 bits per heavy atom. The maximum Gasteiger partial charge on any atom is 0.287 e. The van der Waals surface area contributed by atoms with Crippen LogP contribution in [0.1, 0.15) is 32.2 Å². The predicted octanol–water partition coefficient (Wildman–Crippen LogP) is 2.09. The number of carbonyl (C=O) groups excluding carboxylic acids is 3. The summed E-state index contributed by atoms with van der Waals surface area (Å²) in [4.78, 5) is 51.5. The van der Waals surface area contributed by atoms with Crippen LogP contribution >= 0.6 is 0 Å². The van der Waals surface area contributed by atoms with Crippen molar-refractivity contribution in [1.82, 2.24) is 31.3 Å². The number of aliphatic hydroxyl groups is 1. The van der Waals surface area contributed by atoms with Crippen LogP contribution in [0.5, 0.6) is 0 Å². The van der Waals surface area contributed by atoms with Crippen molar-refractivity contribution in [3.63, 3.8) is 0 Å². The van der Waals surface area contributed by atoms with E-state index in [1.165, 1.54) is 0 Å². The van der Waals surface area contributed by atoms with Gasteiger partial charge < -0.3 is 25.5 Å². The Balaban J connectivity index is 1.32. The molecule has 13 nitrogen and oxygen atoms in total. The Hall–Kier alpha value is -5.95. The van der Waals surface area contributed by atoms with Gasteiger partial charge in [0.25, 0.3) is 17.7 Å². The van der Waals surface area contributed by atoms with E-state index in [4.69, 9.17) is 4.42 Å². The lowest BCUT2D eigenvalue weighted by atomic mass is 10.00. The van der Waals surface area contributed by atoms with Gasteiger partial charge in [0.2, 0.25) is 5.82 Å². The van der Waals surface area contributed by atoms with Crippen molar-refractivity contribution in [2.75, 3.05) is 5.32 Å². The van der Waals surface area contributed by atoms with Crippen LogP contribution in [0.4, 0.5) is 5.69 Å². The van der Waals surface area contributed by atoms with Crippen LogP contribution in [0.15, 0.2) is 106 Å². The molecular weight excluding hydrogens is 566 g/mol. The van der Waals surface area contributed by atoms with Crippen LogP contribution < -0.4 is 21.4 Å². The van der Waals surface area contributed by atoms with E-state index < -0.39 is 41.1 Å². The number of hydrogen-bond donors (Lipinski definition) is 5. The van der Waals surface area contributed by atoms with Crippen LogP contribution in [0.2, 0.25) is 0 Å². The van der Waals surface area contributed by atoms with E-state index in [1.54, 1.807) is 54.6 Å². The van der Waals surface area contributed by atoms with E-state index in [9.17, 15) is 24.3 Å². The zero-order valence-corrected chi connectivity index (χ0v) is 23.1.